The third-order valence-electron chi connectivity index (χ3n) is 7.67. The summed E-state index contributed by atoms with van der Waals surface area (Å²) in [5, 5.41) is 19.2. The number of para-hydroxylation sites is 1. The molecule has 6 rings (SSSR count). The average Bonchev–Trinajstić information content (AvgIpc) is 3.08. The van der Waals surface area contributed by atoms with Gasteiger partial charge in [0.1, 0.15) is 51.8 Å². The van der Waals surface area contributed by atoms with E-state index in [4.69, 9.17) is 11.6 Å². The molecule has 1 heterocycles. The molecule has 0 atom stereocenters. The molecule has 0 spiro atoms. The molecule has 5 aromatic carbocycles. The number of hydrogen-bond donors (Lipinski definition) is 3. The normalized spacial score (nSPS) is 11.9. The van der Waals surface area contributed by atoms with Crippen molar-refractivity contribution in [1.82, 2.24) is 21.1 Å². The van der Waals surface area contributed by atoms with Gasteiger partial charge in [0, 0.05) is 29.2 Å². The van der Waals surface area contributed by atoms with E-state index in [1.54, 1.807) is 36.2 Å². The van der Waals surface area contributed by atoms with Gasteiger partial charge in [-0.15, -0.1) is 10.2 Å². The Bertz CT molecular complexity index is 3080. The smallest absolute Gasteiger partial charge is 0.744 e. The van der Waals surface area contributed by atoms with Crippen LogP contribution in [-0.4, -0.2) is 79.0 Å². The van der Waals surface area contributed by atoms with Crippen LogP contribution in [0.4, 0.5) is 34.6 Å². The predicted molar refractivity (Wildman–Crippen MR) is 194 cm³/mol. The van der Waals surface area contributed by atoms with Crippen molar-refractivity contribution >= 4 is 108 Å². The summed E-state index contributed by atoms with van der Waals surface area (Å²) in [7, 11) is -20.4. The number of nitrogens with one attached hydrogen (secondary N) is 1. The van der Waals surface area contributed by atoms with Crippen LogP contribution in [0.1, 0.15) is 0 Å². The van der Waals surface area contributed by atoms with Crippen LogP contribution in [0.5, 0.6) is 5.75 Å². The summed E-state index contributed by atoms with van der Waals surface area (Å²) in [6.45, 7) is 0. The number of hydrogen-bond acceptors (Lipinski definition) is 20. The summed E-state index contributed by atoms with van der Waals surface area (Å²) in [5.41, 5.74) is -1.16. The fourth-order valence-corrected chi connectivity index (χ4v) is 7.96. The third kappa shape index (κ3) is 11.9. The molecule has 0 aliphatic heterocycles. The maximum Gasteiger partial charge on any atom is 1.00 e. The summed E-state index contributed by atoms with van der Waals surface area (Å²) < 4.78 is 145. The van der Waals surface area contributed by atoms with Gasteiger partial charge in [-0.2, -0.15) is 15.0 Å². The summed E-state index contributed by atoms with van der Waals surface area (Å²) in [6.07, 6.45) is 0. The zero-order valence-corrected chi connectivity index (χ0v) is 41.1. The van der Waals surface area contributed by atoms with Crippen LogP contribution in [0.15, 0.2) is 109 Å². The van der Waals surface area contributed by atoms with Crippen molar-refractivity contribution in [2.45, 2.75) is 19.6 Å². The Hall–Kier alpha value is -2.48. The van der Waals surface area contributed by atoms with Crippen LogP contribution < -0.4 is 105 Å². The number of quaternary nitrogens is 1. The van der Waals surface area contributed by atoms with Gasteiger partial charge in [0.05, 0.1) is 19.6 Å². The molecule has 0 amide bonds. The first-order chi connectivity index (χ1) is 25.5. The Kier molecular flexibility index (Phi) is 17.6. The standard InChI is InChI=1S/C30H22ClN7O13S4.H3N.3Na/c1-38(18-5-3-2-4-6-18)30-34-28(31)33-29(35-30)32-17-7-8-20-15(9-17)12-25(55(49,50)51)26(27(20)39)37-36-22-14-21-16(11-24(22)54(46,47)48)10-19(52(40,41)42)13-23(21)53(43,44)45;;;;/h2-14,39H,1H3,(H,40,41,42)(H,43,44,45)(H,46,47,48)(H,49,50,51)(H,32,33,34,35);1H3;;;/q;;3*+1/p-3. The molecule has 0 unspecified atom stereocenters. The van der Waals surface area contributed by atoms with E-state index in [-0.39, 0.29) is 135 Å². The summed E-state index contributed by atoms with van der Waals surface area (Å²) in [4.78, 5) is 9.02. The molecule has 294 valence electrons. The Morgan fingerprint density at radius 2 is 1.24 bits per heavy atom. The molecule has 0 aliphatic carbocycles. The van der Waals surface area contributed by atoms with Gasteiger partial charge in [-0.3, -0.25) is 0 Å². The molecule has 59 heavy (non-hydrogen) atoms. The van der Waals surface area contributed by atoms with Gasteiger partial charge in [-0.25, -0.2) is 33.7 Å². The molecular formula is C30H22ClN8Na3O13S4. The van der Waals surface area contributed by atoms with Crippen LogP contribution >= 0.6 is 11.6 Å². The second-order valence-corrected chi connectivity index (χ2v) is 17.0. The molecule has 0 saturated heterocycles. The van der Waals surface area contributed by atoms with Crippen molar-refractivity contribution in [2.24, 2.45) is 10.2 Å². The fraction of sp³-hybridized carbons (Fsp3) is 0.0333. The van der Waals surface area contributed by atoms with E-state index in [0.29, 0.717) is 18.2 Å². The van der Waals surface area contributed by atoms with Gasteiger partial charge in [0.15, 0.2) is 5.75 Å². The van der Waals surface area contributed by atoms with Crippen molar-refractivity contribution in [3.63, 3.8) is 0 Å². The summed E-state index contributed by atoms with van der Waals surface area (Å²) in [6, 6.07) is 15.3. The average molecular weight is 935 g/mol. The SMILES string of the molecule is CN(c1ccccc1)c1nc(Cl)nc(Nc2ccc3c(O)c(N=Nc4cc5c(S(=O)(=O)[O-])cc(S(=O)(=O)[O-])cc5cc4S(=O)(=O)[O-])c(S(=O)(=O)[O-])cc3c2)n1.[NH4+].[Na+].[Na+].[Na+]. The number of halogens is 1. The number of azo groups is 1. The predicted octanol–water partition coefficient (Wildman–Crippen LogP) is -4.53. The van der Waals surface area contributed by atoms with Gasteiger partial charge >= 0.3 is 88.7 Å². The molecule has 29 heteroatoms. The molecule has 1 aromatic heterocycles. The molecular weight excluding hydrogens is 913 g/mol. The number of nitrogens with zero attached hydrogens (tertiary/aromatic N) is 6. The van der Waals surface area contributed by atoms with E-state index in [1.807, 2.05) is 6.07 Å². The largest absolute Gasteiger partial charge is 1.00 e. The molecule has 0 saturated carbocycles. The van der Waals surface area contributed by atoms with E-state index < -0.39 is 88.0 Å². The fourth-order valence-electron chi connectivity index (χ4n) is 5.21. The number of fused-ring (bicyclic) bond motifs is 2. The summed E-state index contributed by atoms with van der Waals surface area (Å²) >= 11 is 6.13. The molecule has 0 aliphatic rings. The number of phenolic OH excluding ortho intramolecular Hbond substituents is 1. The second-order valence-electron chi connectivity index (χ2n) is 11.2. The van der Waals surface area contributed by atoms with Gasteiger partial charge in [-0.1, -0.05) is 18.2 Å². The second kappa shape index (κ2) is 19.7. The van der Waals surface area contributed by atoms with Crippen molar-refractivity contribution < 1.29 is 146 Å². The molecule has 0 fully saturated rings. The first-order valence-corrected chi connectivity index (χ1v) is 20.7. The van der Waals surface area contributed by atoms with Crippen LogP contribution in [0.25, 0.3) is 21.5 Å². The Balaban J connectivity index is 0.00000300. The zero-order chi connectivity index (χ0) is 40.2. The van der Waals surface area contributed by atoms with Crippen molar-refractivity contribution in [3.8, 4) is 5.75 Å². The minimum Gasteiger partial charge on any atom is -0.744 e. The van der Waals surface area contributed by atoms with Crippen LogP contribution in [0, 0.1) is 0 Å². The van der Waals surface area contributed by atoms with E-state index in [1.165, 1.54) is 18.2 Å². The Morgan fingerprint density at radius 1 is 0.661 bits per heavy atom. The van der Waals surface area contributed by atoms with Crippen molar-refractivity contribution in [1.29, 1.82) is 0 Å². The number of rotatable bonds is 10. The first kappa shape index (κ1) is 52.7. The topological polar surface area (TPSA) is 364 Å². The van der Waals surface area contributed by atoms with Crippen LogP contribution in [-0.2, 0) is 40.5 Å². The van der Waals surface area contributed by atoms with E-state index in [0.717, 1.165) is 11.8 Å². The maximum atomic E-state index is 12.4. The molecule has 21 nitrogen and oxygen atoms in total. The van der Waals surface area contributed by atoms with Crippen molar-refractivity contribution in [3.05, 3.63) is 84.1 Å². The number of anilines is 4. The third-order valence-corrected chi connectivity index (χ3v) is 11.2. The minimum atomic E-state index is -5.60. The number of benzene rings is 5. The van der Waals surface area contributed by atoms with E-state index in [9.17, 15) is 57.0 Å². The minimum absolute atomic E-state index is 0. The molecule has 0 bridgehead atoms. The Morgan fingerprint density at radius 3 is 1.81 bits per heavy atom. The van der Waals surface area contributed by atoms with E-state index >= 15 is 0 Å². The zero-order valence-electron chi connectivity index (χ0n) is 31.0. The first-order valence-electron chi connectivity index (χ1n) is 14.6. The number of aromatic hydroxyl groups is 1. The van der Waals surface area contributed by atoms with E-state index in [2.05, 4.69) is 30.5 Å². The van der Waals surface area contributed by atoms with Crippen molar-refractivity contribution in [2.75, 3.05) is 17.3 Å². The van der Waals surface area contributed by atoms with Crippen LogP contribution in [0.3, 0.4) is 0 Å². The van der Waals surface area contributed by atoms with Gasteiger partial charge in [0.2, 0.25) is 17.2 Å². The summed E-state index contributed by atoms with van der Waals surface area (Å²) in [5.74, 6) is -0.883. The van der Waals surface area contributed by atoms with Gasteiger partial charge in [-0.05, 0) is 83.0 Å². The Labute approximate surface area is 407 Å². The quantitative estimate of drug-likeness (QED) is 0.0662. The maximum absolute atomic E-state index is 12.4. The molecule has 0 radical (unpaired) electrons. The number of aromatic nitrogens is 3. The van der Waals surface area contributed by atoms with Gasteiger partial charge in [0.25, 0.3) is 0 Å². The molecule has 6 aromatic rings. The van der Waals surface area contributed by atoms with Gasteiger partial charge < -0.3 is 39.7 Å². The van der Waals surface area contributed by atoms with Crippen LogP contribution in [0.2, 0.25) is 5.28 Å². The monoisotopic (exact) mass is 934 g/mol. The number of phenols is 1. The molecule has 6 N–H and O–H groups in total.